The van der Waals surface area contributed by atoms with E-state index in [2.05, 4.69) is 10.3 Å². The second-order valence-electron chi connectivity index (χ2n) is 4.04. The smallest absolute Gasteiger partial charge is 0.227 e. The number of nitrogens with two attached hydrogens (primary N) is 1. The molecule has 88 valence electrons. The molecular formula is C11H17N3OS. The van der Waals surface area contributed by atoms with Crippen LogP contribution < -0.4 is 11.1 Å². The van der Waals surface area contributed by atoms with E-state index < -0.39 is 0 Å². The second-order valence-corrected chi connectivity index (χ2v) is 5.12. The van der Waals surface area contributed by atoms with Gasteiger partial charge in [-0.1, -0.05) is 6.42 Å². The molecule has 1 heterocycles. The minimum absolute atomic E-state index is 0.0357. The molecule has 1 aromatic heterocycles. The van der Waals surface area contributed by atoms with Crippen molar-refractivity contribution in [1.82, 2.24) is 4.98 Å². The van der Waals surface area contributed by atoms with Gasteiger partial charge in [-0.3, -0.25) is 4.79 Å². The summed E-state index contributed by atoms with van der Waals surface area (Å²) in [6, 6.07) is 0. The van der Waals surface area contributed by atoms with Crippen molar-refractivity contribution in [1.29, 1.82) is 0 Å². The molecule has 1 aliphatic rings. The number of fused-ring (bicyclic) bond motifs is 1. The Morgan fingerprint density at radius 3 is 3.00 bits per heavy atom. The summed E-state index contributed by atoms with van der Waals surface area (Å²) < 4.78 is 0. The first-order valence-corrected chi connectivity index (χ1v) is 6.59. The lowest BCUT2D eigenvalue weighted by Crippen LogP contribution is -2.16. The molecule has 2 rings (SSSR count). The molecule has 1 aliphatic carbocycles. The van der Waals surface area contributed by atoms with E-state index in [-0.39, 0.29) is 5.91 Å². The van der Waals surface area contributed by atoms with Crippen molar-refractivity contribution in [3.63, 3.8) is 0 Å². The van der Waals surface area contributed by atoms with E-state index in [0.29, 0.717) is 13.0 Å². The van der Waals surface area contributed by atoms with Gasteiger partial charge in [-0.05, 0) is 25.7 Å². The molecular weight excluding hydrogens is 222 g/mol. The molecule has 0 aromatic carbocycles. The van der Waals surface area contributed by atoms with Crippen molar-refractivity contribution < 1.29 is 4.79 Å². The third kappa shape index (κ3) is 2.80. The number of nitrogens with one attached hydrogen (secondary N) is 1. The number of rotatable bonds is 3. The van der Waals surface area contributed by atoms with E-state index >= 15 is 0 Å². The van der Waals surface area contributed by atoms with Gasteiger partial charge in [0.2, 0.25) is 5.91 Å². The van der Waals surface area contributed by atoms with Gasteiger partial charge in [-0.25, -0.2) is 4.98 Å². The number of hydrogen-bond acceptors (Lipinski definition) is 4. The van der Waals surface area contributed by atoms with Crippen molar-refractivity contribution in [2.45, 2.75) is 38.5 Å². The number of amides is 1. The van der Waals surface area contributed by atoms with Gasteiger partial charge in [-0.2, -0.15) is 0 Å². The van der Waals surface area contributed by atoms with Crippen LogP contribution in [0.2, 0.25) is 0 Å². The standard InChI is InChI=1S/C11H17N3OS/c12-7-6-10(15)14-11-13-8-4-2-1-3-5-9(8)16-11/h1-7,12H2,(H,13,14,15). The number of carbonyl (C=O) groups is 1. The summed E-state index contributed by atoms with van der Waals surface area (Å²) in [4.78, 5) is 17.2. The summed E-state index contributed by atoms with van der Waals surface area (Å²) in [6.07, 6.45) is 6.28. The summed E-state index contributed by atoms with van der Waals surface area (Å²) in [7, 11) is 0. The normalized spacial score (nSPS) is 15.3. The Morgan fingerprint density at radius 2 is 2.19 bits per heavy atom. The number of aromatic nitrogens is 1. The van der Waals surface area contributed by atoms with Crippen molar-refractivity contribution in [2.75, 3.05) is 11.9 Å². The predicted octanol–water partition coefficient (Wildman–Crippen LogP) is 1.70. The average molecular weight is 239 g/mol. The van der Waals surface area contributed by atoms with E-state index in [0.717, 1.165) is 18.0 Å². The summed E-state index contributed by atoms with van der Waals surface area (Å²) in [5.74, 6) is -0.0357. The molecule has 0 atom stereocenters. The SMILES string of the molecule is NCCC(=O)Nc1nc2c(s1)CCCCC2. The van der Waals surface area contributed by atoms with Crippen LogP contribution in [-0.2, 0) is 17.6 Å². The van der Waals surface area contributed by atoms with Gasteiger partial charge >= 0.3 is 0 Å². The third-order valence-corrected chi connectivity index (χ3v) is 3.79. The molecule has 4 nitrogen and oxygen atoms in total. The lowest BCUT2D eigenvalue weighted by atomic mass is 10.2. The van der Waals surface area contributed by atoms with Crippen LogP contribution >= 0.6 is 11.3 Å². The zero-order valence-electron chi connectivity index (χ0n) is 9.29. The minimum Gasteiger partial charge on any atom is -0.330 e. The number of carbonyl (C=O) groups excluding carboxylic acids is 1. The van der Waals surface area contributed by atoms with Crippen LogP contribution in [0.25, 0.3) is 0 Å². The lowest BCUT2D eigenvalue weighted by Gasteiger charge is -1.98. The summed E-state index contributed by atoms with van der Waals surface area (Å²) in [6.45, 7) is 0.386. The molecule has 1 amide bonds. The fourth-order valence-electron chi connectivity index (χ4n) is 1.90. The first-order chi connectivity index (χ1) is 7.79. The molecule has 0 spiro atoms. The molecule has 1 aromatic rings. The molecule has 0 bridgehead atoms. The average Bonchev–Trinajstić information content (AvgIpc) is 2.48. The van der Waals surface area contributed by atoms with Crippen molar-refractivity contribution in [2.24, 2.45) is 5.73 Å². The van der Waals surface area contributed by atoms with E-state index in [1.54, 1.807) is 11.3 Å². The highest BCUT2D eigenvalue weighted by Crippen LogP contribution is 2.28. The van der Waals surface area contributed by atoms with Crippen LogP contribution in [-0.4, -0.2) is 17.4 Å². The van der Waals surface area contributed by atoms with Gasteiger partial charge < -0.3 is 11.1 Å². The largest absolute Gasteiger partial charge is 0.330 e. The first-order valence-electron chi connectivity index (χ1n) is 5.78. The Hall–Kier alpha value is -0.940. The Balaban J connectivity index is 2.03. The van der Waals surface area contributed by atoms with Crippen LogP contribution in [0.3, 0.4) is 0 Å². The summed E-state index contributed by atoms with van der Waals surface area (Å²) >= 11 is 1.62. The van der Waals surface area contributed by atoms with Crippen LogP contribution in [0.1, 0.15) is 36.3 Å². The van der Waals surface area contributed by atoms with Crippen molar-refractivity contribution >= 4 is 22.4 Å². The molecule has 3 N–H and O–H groups in total. The second kappa shape index (κ2) is 5.41. The topological polar surface area (TPSA) is 68.0 Å². The number of anilines is 1. The molecule has 0 radical (unpaired) electrons. The predicted molar refractivity (Wildman–Crippen MR) is 65.7 cm³/mol. The maximum absolute atomic E-state index is 11.4. The zero-order valence-corrected chi connectivity index (χ0v) is 10.1. The van der Waals surface area contributed by atoms with Gasteiger partial charge in [-0.15, -0.1) is 11.3 Å². The van der Waals surface area contributed by atoms with E-state index in [9.17, 15) is 4.79 Å². The summed E-state index contributed by atoms with van der Waals surface area (Å²) in [5, 5.41) is 3.55. The van der Waals surface area contributed by atoms with Gasteiger partial charge in [0, 0.05) is 17.8 Å². The van der Waals surface area contributed by atoms with Crippen LogP contribution in [0, 0.1) is 0 Å². The Labute approximate surface area is 99.3 Å². The molecule has 5 heteroatoms. The molecule has 0 unspecified atom stereocenters. The number of hydrogen-bond donors (Lipinski definition) is 2. The van der Waals surface area contributed by atoms with Gasteiger partial charge in [0.15, 0.2) is 5.13 Å². The fourth-order valence-corrected chi connectivity index (χ4v) is 2.96. The van der Waals surface area contributed by atoms with Crippen LogP contribution in [0.5, 0.6) is 0 Å². The highest BCUT2D eigenvalue weighted by Gasteiger charge is 2.14. The molecule has 16 heavy (non-hydrogen) atoms. The van der Waals surface area contributed by atoms with Crippen LogP contribution in [0.4, 0.5) is 5.13 Å². The molecule has 0 aliphatic heterocycles. The quantitative estimate of drug-likeness (QED) is 0.789. The van der Waals surface area contributed by atoms with E-state index in [4.69, 9.17) is 5.73 Å². The van der Waals surface area contributed by atoms with Gasteiger partial charge in [0.05, 0.1) is 5.69 Å². The van der Waals surface area contributed by atoms with Crippen molar-refractivity contribution in [3.8, 4) is 0 Å². The highest BCUT2D eigenvalue weighted by atomic mass is 32.1. The minimum atomic E-state index is -0.0357. The Bertz CT molecular complexity index is 352. The maximum Gasteiger partial charge on any atom is 0.227 e. The molecule has 0 saturated heterocycles. The summed E-state index contributed by atoms with van der Waals surface area (Å²) in [5.41, 5.74) is 6.51. The van der Waals surface area contributed by atoms with Gasteiger partial charge in [0.25, 0.3) is 0 Å². The molecule has 0 fully saturated rings. The number of nitrogens with zero attached hydrogens (tertiary/aromatic N) is 1. The third-order valence-electron chi connectivity index (χ3n) is 2.71. The van der Waals surface area contributed by atoms with E-state index in [1.807, 2.05) is 0 Å². The monoisotopic (exact) mass is 239 g/mol. The lowest BCUT2D eigenvalue weighted by molar-refractivity contribution is -0.116. The zero-order chi connectivity index (χ0) is 11.4. The van der Waals surface area contributed by atoms with Gasteiger partial charge in [0.1, 0.15) is 0 Å². The van der Waals surface area contributed by atoms with Crippen molar-refractivity contribution in [3.05, 3.63) is 10.6 Å². The molecule has 0 saturated carbocycles. The first kappa shape index (κ1) is 11.5. The highest BCUT2D eigenvalue weighted by molar-refractivity contribution is 7.15. The Kier molecular flexibility index (Phi) is 3.90. The fraction of sp³-hybridized carbons (Fsp3) is 0.636. The number of aryl methyl sites for hydroxylation is 2. The number of thiazole rings is 1. The Morgan fingerprint density at radius 1 is 1.38 bits per heavy atom. The van der Waals surface area contributed by atoms with Crippen LogP contribution in [0.15, 0.2) is 0 Å². The maximum atomic E-state index is 11.4. The van der Waals surface area contributed by atoms with E-state index in [1.165, 1.54) is 29.8 Å².